The molecule has 3 aromatic rings. The van der Waals surface area contributed by atoms with E-state index in [9.17, 15) is 9.90 Å². The molecule has 3 heterocycles. The monoisotopic (exact) mass is 430 g/mol. The van der Waals surface area contributed by atoms with Gasteiger partial charge in [-0.25, -0.2) is 9.78 Å². The number of carbonyl (C=O) groups is 1. The van der Waals surface area contributed by atoms with Crippen LogP contribution in [-0.2, 0) is 6.54 Å². The molecule has 1 aliphatic heterocycles. The van der Waals surface area contributed by atoms with E-state index in [-0.39, 0.29) is 0 Å². The van der Waals surface area contributed by atoms with Gasteiger partial charge in [0.25, 0.3) is 0 Å². The van der Waals surface area contributed by atoms with E-state index in [0.29, 0.717) is 19.0 Å². The van der Waals surface area contributed by atoms with E-state index >= 15 is 0 Å². The summed E-state index contributed by atoms with van der Waals surface area (Å²) in [7, 11) is 0. The Bertz CT molecular complexity index is 974. The van der Waals surface area contributed by atoms with Gasteiger partial charge in [-0.2, -0.15) is 0 Å². The van der Waals surface area contributed by atoms with Gasteiger partial charge in [0.05, 0.1) is 17.6 Å². The molecule has 8 heteroatoms. The van der Waals surface area contributed by atoms with Crippen molar-refractivity contribution >= 4 is 45.8 Å². The van der Waals surface area contributed by atoms with Crippen molar-refractivity contribution in [1.82, 2.24) is 14.9 Å². The predicted octanol–water partition coefficient (Wildman–Crippen LogP) is 5.13. The number of thiazole rings is 1. The van der Waals surface area contributed by atoms with Crippen LogP contribution in [-0.4, -0.2) is 45.7 Å². The minimum atomic E-state index is -0.865. The van der Waals surface area contributed by atoms with Gasteiger partial charge in [0.15, 0.2) is 0 Å². The highest BCUT2D eigenvalue weighted by Crippen LogP contribution is 2.27. The lowest BCUT2D eigenvalue weighted by molar-refractivity contribution is 0.138. The van der Waals surface area contributed by atoms with Crippen molar-refractivity contribution < 1.29 is 9.90 Å². The molecule has 1 saturated heterocycles. The molecule has 6 nitrogen and oxygen atoms in total. The zero-order valence-corrected chi connectivity index (χ0v) is 17.6. The quantitative estimate of drug-likeness (QED) is 0.586. The predicted molar refractivity (Wildman–Crippen MR) is 117 cm³/mol. The molecule has 0 bridgehead atoms. The molecule has 1 aromatic carbocycles. The Hall–Kier alpha value is -2.38. The van der Waals surface area contributed by atoms with Crippen molar-refractivity contribution in [3.8, 4) is 0 Å². The average molecular weight is 431 g/mol. The number of anilines is 1. The topological polar surface area (TPSA) is 69.6 Å². The summed E-state index contributed by atoms with van der Waals surface area (Å²) in [6.07, 6.45) is 3.87. The summed E-state index contributed by atoms with van der Waals surface area (Å²) in [4.78, 5) is 25.1. The van der Waals surface area contributed by atoms with Crippen LogP contribution in [0.2, 0.25) is 5.02 Å². The zero-order valence-electron chi connectivity index (χ0n) is 16.0. The highest BCUT2D eigenvalue weighted by Gasteiger charge is 2.22. The zero-order chi connectivity index (χ0) is 20.2. The first-order chi connectivity index (χ1) is 14.1. The van der Waals surface area contributed by atoms with Gasteiger partial charge in [-0.1, -0.05) is 11.6 Å². The largest absolute Gasteiger partial charge is 0.465 e. The number of hydrogen-bond acceptors (Lipinski definition) is 5. The normalized spacial score (nSPS) is 15.0. The smallest absolute Gasteiger partial charge is 0.407 e. The van der Waals surface area contributed by atoms with Gasteiger partial charge in [0, 0.05) is 41.1 Å². The Morgan fingerprint density at radius 3 is 2.83 bits per heavy atom. The van der Waals surface area contributed by atoms with Gasteiger partial charge < -0.3 is 14.9 Å². The lowest BCUT2D eigenvalue weighted by Gasteiger charge is -2.33. The van der Waals surface area contributed by atoms with Crippen LogP contribution in [0.25, 0.3) is 10.9 Å². The standard InChI is InChI=1S/C21H23ClN4O2S/c22-17-2-3-19-16(11-17)1-4-20(24-19)25-8-5-15(6-9-25)7-10-26(21(27)28)13-18-12-23-14-29-18/h1-4,11-12,14-15H,5-10,13H2,(H,27,28). The Morgan fingerprint density at radius 2 is 2.10 bits per heavy atom. The minimum Gasteiger partial charge on any atom is -0.465 e. The first-order valence-electron chi connectivity index (χ1n) is 9.75. The number of pyridine rings is 1. The van der Waals surface area contributed by atoms with Crippen LogP contribution in [0.1, 0.15) is 24.1 Å². The number of amides is 1. The molecular weight excluding hydrogens is 408 g/mol. The molecule has 1 fully saturated rings. The van der Waals surface area contributed by atoms with Crippen molar-refractivity contribution in [2.45, 2.75) is 25.8 Å². The van der Waals surface area contributed by atoms with Crippen LogP contribution in [0.5, 0.6) is 0 Å². The molecule has 0 spiro atoms. The number of fused-ring (bicyclic) bond motifs is 1. The van der Waals surface area contributed by atoms with Crippen molar-refractivity contribution in [3.05, 3.63) is 51.9 Å². The summed E-state index contributed by atoms with van der Waals surface area (Å²) in [6, 6.07) is 9.88. The van der Waals surface area contributed by atoms with Crippen molar-refractivity contribution in [3.63, 3.8) is 0 Å². The third kappa shape index (κ3) is 4.97. The van der Waals surface area contributed by atoms with E-state index in [2.05, 4.69) is 22.0 Å². The van der Waals surface area contributed by atoms with E-state index in [0.717, 1.165) is 59.0 Å². The SMILES string of the molecule is O=C(O)N(CCC1CCN(c2ccc3cc(Cl)ccc3n2)CC1)Cc1cncs1. The number of carboxylic acid groups (broad SMARTS) is 1. The maximum Gasteiger partial charge on any atom is 0.407 e. The molecule has 1 aliphatic rings. The first kappa shape index (κ1) is 19.9. The molecule has 0 atom stereocenters. The van der Waals surface area contributed by atoms with Gasteiger partial charge in [-0.3, -0.25) is 4.98 Å². The van der Waals surface area contributed by atoms with Crippen LogP contribution in [0, 0.1) is 5.92 Å². The van der Waals surface area contributed by atoms with Gasteiger partial charge in [-0.15, -0.1) is 11.3 Å². The van der Waals surface area contributed by atoms with E-state index in [1.165, 1.54) is 16.2 Å². The fourth-order valence-corrected chi connectivity index (χ4v) is 4.59. The summed E-state index contributed by atoms with van der Waals surface area (Å²) in [5, 5.41) is 11.2. The maximum atomic E-state index is 11.5. The van der Waals surface area contributed by atoms with Gasteiger partial charge in [-0.05, 0) is 55.5 Å². The third-order valence-electron chi connectivity index (χ3n) is 5.48. The summed E-state index contributed by atoms with van der Waals surface area (Å²) in [5.74, 6) is 1.53. The molecule has 29 heavy (non-hydrogen) atoms. The summed E-state index contributed by atoms with van der Waals surface area (Å²) >= 11 is 7.55. The fourth-order valence-electron chi connectivity index (χ4n) is 3.80. The van der Waals surface area contributed by atoms with Crippen LogP contribution < -0.4 is 4.90 Å². The summed E-state index contributed by atoms with van der Waals surface area (Å²) in [5.41, 5.74) is 2.69. The van der Waals surface area contributed by atoms with E-state index in [4.69, 9.17) is 16.6 Å². The molecular formula is C21H23ClN4O2S. The summed E-state index contributed by atoms with van der Waals surface area (Å²) < 4.78 is 0. The van der Waals surface area contributed by atoms with E-state index in [1.807, 2.05) is 18.2 Å². The number of benzene rings is 1. The van der Waals surface area contributed by atoms with Crippen molar-refractivity contribution in [2.24, 2.45) is 5.92 Å². The number of rotatable bonds is 6. The van der Waals surface area contributed by atoms with Gasteiger partial charge in [0.2, 0.25) is 0 Å². The van der Waals surface area contributed by atoms with Crippen LogP contribution in [0.3, 0.4) is 0 Å². The van der Waals surface area contributed by atoms with E-state index in [1.54, 1.807) is 11.7 Å². The van der Waals surface area contributed by atoms with Gasteiger partial charge in [0.1, 0.15) is 5.82 Å². The third-order valence-corrected chi connectivity index (χ3v) is 6.48. The number of nitrogens with zero attached hydrogens (tertiary/aromatic N) is 4. The molecule has 0 saturated carbocycles. The number of piperidine rings is 1. The van der Waals surface area contributed by atoms with Crippen LogP contribution in [0.4, 0.5) is 10.6 Å². The molecule has 0 aliphatic carbocycles. The highest BCUT2D eigenvalue weighted by molar-refractivity contribution is 7.09. The second-order valence-electron chi connectivity index (χ2n) is 7.40. The molecule has 2 aromatic heterocycles. The van der Waals surface area contributed by atoms with Crippen molar-refractivity contribution in [1.29, 1.82) is 0 Å². The number of halogens is 1. The number of aromatic nitrogens is 2. The molecule has 0 radical (unpaired) electrons. The Balaban J connectivity index is 1.31. The Morgan fingerprint density at radius 1 is 1.28 bits per heavy atom. The minimum absolute atomic E-state index is 0.421. The lowest BCUT2D eigenvalue weighted by Crippen LogP contribution is -2.36. The molecule has 1 amide bonds. The maximum absolute atomic E-state index is 11.5. The van der Waals surface area contributed by atoms with Crippen molar-refractivity contribution in [2.75, 3.05) is 24.5 Å². The molecule has 4 rings (SSSR count). The van der Waals surface area contributed by atoms with Gasteiger partial charge >= 0.3 is 6.09 Å². The van der Waals surface area contributed by atoms with E-state index < -0.39 is 6.09 Å². The fraction of sp³-hybridized carbons (Fsp3) is 0.381. The molecule has 152 valence electrons. The highest BCUT2D eigenvalue weighted by atomic mass is 35.5. The number of hydrogen-bond donors (Lipinski definition) is 1. The Kier molecular flexibility index (Phi) is 6.16. The second-order valence-corrected chi connectivity index (χ2v) is 8.80. The van der Waals surface area contributed by atoms with Crippen LogP contribution in [0.15, 0.2) is 42.0 Å². The second kappa shape index (κ2) is 8.97. The molecule has 0 unspecified atom stereocenters. The summed E-state index contributed by atoms with van der Waals surface area (Å²) in [6.45, 7) is 2.87. The van der Waals surface area contributed by atoms with Crippen LogP contribution >= 0.6 is 22.9 Å². The Labute approximate surface area is 178 Å². The lowest BCUT2D eigenvalue weighted by atomic mass is 9.93. The first-order valence-corrected chi connectivity index (χ1v) is 11.0. The molecule has 1 N–H and O–H groups in total. The average Bonchev–Trinajstić information content (AvgIpc) is 3.24.